The van der Waals surface area contributed by atoms with E-state index in [4.69, 9.17) is 4.74 Å². The molecule has 0 spiro atoms. The summed E-state index contributed by atoms with van der Waals surface area (Å²) < 4.78 is 74.0. The van der Waals surface area contributed by atoms with E-state index >= 15 is 0 Å². The number of piperazine rings is 1. The van der Waals surface area contributed by atoms with Gasteiger partial charge in [0.25, 0.3) is 5.91 Å². The van der Waals surface area contributed by atoms with Gasteiger partial charge in [-0.25, -0.2) is 0 Å². The van der Waals surface area contributed by atoms with Gasteiger partial charge >= 0.3 is 12.8 Å². The Kier molecular flexibility index (Phi) is 7.19. The van der Waals surface area contributed by atoms with Crippen LogP contribution < -0.4 is 20.1 Å². The lowest BCUT2D eigenvalue weighted by atomic mass is 10.1. The number of methoxy groups -OCH3 is 1. The van der Waals surface area contributed by atoms with Crippen LogP contribution in [0.3, 0.4) is 0 Å². The van der Waals surface area contributed by atoms with Crippen LogP contribution in [0.25, 0.3) is 0 Å². The quantitative estimate of drug-likeness (QED) is 0.688. The average Bonchev–Trinajstić information content (AvgIpc) is 2.61. The standard InChI is InChI=1S/C16H20F5N3O3/c1-26-11-3-2-10(8-12(11)27-15(17)18)14(25)23-9-13(16(19,20)21)24-6-4-22-5-7-24/h2-3,8,13,15,22H,4-7,9H2,1H3,(H,23,25). The zero-order valence-electron chi connectivity index (χ0n) is 14.5. The van der Waals surface area contributed by atoms with E-state index in [0.717, 1.165) is 6.07 Å². The molecule has 2 N–H and O–H groups in total. The molecular weight excluding hydrogens is 377 g/mol. The minimum atomic E-state index is -4.52. The summed E-state index contributed by atoms with van der Waals surface area (Å²) in [5.41, 5.74) is -0.118. The fourth-order valence-electron chi connectivity index (χ4n) is 2.74. The number of halogens is 5. The SMILES string of the molecule is COc1ccc(C(=O)NCC(N2CCNCC2)C(F)(F)F)cc1OC(F)F. The third kappa shape index (κ3) is 5.93. The molecule has 1 saturated heterocycles. The summed E-state index contributed by atoms with van der Waals surface area (Å²) in [6, 6.07) is 1.64. The van der Waals surface area contributed by atoms with E-state index in [1.807, 2.05) is 0 Å². The molecule has 1 unspecified atom stereocenters. The van der Waals surface area contributed by atoms with Crippen LogP contribution in [0.1, 0.15) is 10.4 Å². The van der Waals surface area contributed by atoms with Crippen LogP contribution in [-0.4, -0.2) is 69.5 Å². The van der Waals surface area contributed by atoms with Gasteiger partial charge < -0.3 is 20.1 Å². The number of alkyl halides is 5. The van der Waals surface area contributed by atoms with Gasteiger partial charge in [0.1, 0.15) is 6.04 Å². The van der Waals surface area contributed by atoms with E-state index in [-0.39, 0.29) is 30.2 Å². The van der Waals surface area contributed by atoms with Crippen molar-refractivity contribution >= 4 is 5.91 Å². The molecule has 11 heteroatoms. The molecule has 1 heterocycles. The van der Waals surface area contributed by atoms with Crippen molar-refractivity contribution in [2.24, 2.45) is 0 Å². The van der Waals surface area contributed by atoms with Gasteiger partial charge in [0.2, 0.25) is 0 Å². The number of hydrogen-bond acceptors (Lipinski definition) is 5. The molecule has 1 aliphatic rings. The lowest BCUT2D eigenvalue weighted by molar-refractivity contribution is -0.183. The molecule has 27 heavy (non-hydrogen) atoms. The van der Waals surface area contributed by atoms with Crippen molar-refractivity contribution in [3.05, 3.63) is 23.8 Å². The summed E-state index contributed by atoms with van der Waals surface area (Å²) in [4.78, 5) is 13.4. The first-order valence-electron chi connectivity index (χ1n) is 8.15. The third-order valence-corrected chi connectivity index (χ3v) is 4.07. The fourth-order valence-corrected chi connectivity index (χ4v) is 2.74. The summed E-state index contributed by atoms with van der Waals surface area (Å²) in [6.07, 6.45) is -4.52. The Bertz CT molecular complexity index is 636. The molecule has 1 atom stereocenters. The molecule has 0 aromatic heterocycles. The topological polar surface area (TPSA) is 62.8 Å². The van der Waals surface area contributed by atoms with Crippen molar-refractivity contribution in [3.8, 4) is 11.5 Å². The van der Waals surface area contributed by atoms with E-state index in [0.29, 0.717) is 13.1 Å². The maximum absolute atomic E-state index is 13.3. The van der Waals surface area contributed by atoms with Crippen molar-refractivity contribution in [2.45, 2.75) is 18.8 Å². The van der Waals surface area contributed by atoms with Crippen LogP contribution in [0.4, 0.5) is 22.0 Å². The normalized spacial score (nSPS) is 16.9. The third-order valence-electron chi connectivity index (χ3n) is 4.07. The Hall–Kier alpha value is -2.14. The molecular formula is C16H20F5N3O3. The van der Waals surface area contributed by atoms with Crippen LogP contribution in [0, 0.1) is 0 Å². The fraction of sp³-hybridized carbons (Fsp3) is 0.562. The van der Waals surface area contributed by atoms with Gasteiger partial charge in [-0.2, -0.15) is 22.0 Å². The average molecular weight is 397 g/mol. The van der Waals surface area contributed by atoms with E-state index in [9.17, 15) is 26.7 Å². The number of carbonyl (C=O) groups excluding carboxylic acids is 1. The number of rotatable bonds is 7. The molecule has 1 amide bonds. The smallest absolute Gasteiger partial charge is 0.405 e. The van der Waals surface area contributed by atoms with E-state index in [1.165, 1.54) is 24.1 Å². The second kappa shape index (κ2) is 9.18. The van der Waals surface area contributed by atoms with Crippen LogP contribution in [0.15, 0.2) is 18.2 Å². The Balaban J connectivity index is 2.08. The molecule has 152 valence electrons. The van der Waals surface area contributed by atoms with Gasteiger partial charge in [-0.1, -0.05) is 0 Å². The highest BCUT2D eigenvalue weighted by Gasteiger charge is 2.43. The lowest BCUT2D eigenvalue weighted by Gasteiger charge is -2.35. The molecule has 1 aromatic rings. The highest BCUT2D eigenvalue weighted by molar-refractivity contribution is 5.94. The predicted octanol–water partition coefficient (Wildman–Crippen LogP) is 1.86. The minimum absolute atomic E-state index is 0.0270. The van der Waals surface area contributed by atoms with Gasteiger partial charge in [0, 0.05) is 38.3 Å². The van der Waals surface area contributed by atoms with Crippen molar-refractivity contribution in [2.75, 3.05) is 39.8 Å². The first-order valence-corrected chi connectivity index (χ1v) is 8.15. The second-order valence-corrected chi connectivity index (χ2v) is 5.80. The molecule has 1 aliphatic heterocycles. The number of nitrogens with zero attached hydrogens (tertiary/aromatic N) is 1. The van der Waals surface area contributed by atoms with Gasteiger partial charge in [-0.15, -0.1) is 0 Å². The van der Waals surface area contributed by atoms with Crippen molar-refractivity contribution in [1.82, 2.24) is 15.5 Å². The number of hydrogen-bond donors (Lipinski definition) is 2. The summed E-state index contributed by atoms with van der Waals surface area (Å²) in [5.74, 6) is -1.24. The number of nitrogens with one attached hydrogen (secondary N) is 2. The van der Waals surface area contributed by atoms with Crippen molar-refractivity contribution in [1.29, 1.82) is 0 Å². The van der Waals surface area contributed by atoms with Gasteiger partial charge in [-0.05, 0) is 18.2 Å². The molecule has 0 bridgehead atoms. The molecule has 0 radical (unpaired) electrons. The zero-order chi connectivity index (χ0) is 20.0. The van der Waals surface area contributed by atoms with E-state index in [1.54, 1.807) is 0 Å². The van der Waals surface area contributed by atoms with E-state index in [2.05, 4.69) is 15.4 Å². The molecule has 1 aromatic carbocycles. The molecule has 1 fully saturated rings. The van der Waals surface area contributed by atoms with Gasteiger partial charge in [0.05, 0.1) is 7.11 Å². The van der Waals surface area contributed by atoms with Crippen molar-refractivity contribution < 1.29 is 36.2 Å². The predicted molar refractivity (Wildman–Crippen MR) is 86.2 cm³/mol. The monoisotopic (exact) mass is 397 g/mol. The first kappa shape index (κ1) is 21.2. The van der Waals surface area contributed by atoms with Crippen LogP contribution in [0.5, 0.6) is 11.5 Å². The Morgan fingerprint density at radius 3 is 2.48 bits per heavy atom. The summed E-state index contributed by atoms with van der Waals surface area (Å²) in [5, 5.41) is 5.18. The summed E-state index contributed by atoms with van der Waals surface area (Å²) >= 11 is 0. The van der Waals surface area contributed by atoms with Crippen LogP contribution >= 0.6 is 0 Å². The molecule has 0 saturated carbocycles. The zero-order valence-corrected chi connectivity index (χ0v) is 14.5. The Morgan fingerprint density at radius 1 is 1.26 bits per heavy atom. The molecule has 2 rings (SSSR count). The number of ether oxygens (including phenoxy) is 2. The lowest BCUT2D eigenvalue weighted by Crippen LogP contribution is -2.57. The highest BCUT2D eigenvalue weighted by atomic mass is 19.4. The maximum atomic E-state index is 13.3. The summed E-state index contributed by atoms with van der Waals surface area (Å²) in [6.45, 7) is -2.54. The summed E-state index contributed by atoms with van der Waals surface area (Å²) in [7, 11) is 1.23. The minimum Gasteiger partial charge on any atom is -0.493 e. The van der Waals surface area contributed by atoms with Crippen LogP contribution in [-0.2, 0) is 0 Å². The molecule has 6 nitrogen and oxygen atoms in total. The maximum Gasteiger partial charge on any atom is 0.405 e. The van der Waals surface area contributed by atoms with Crippen LogP contribution in [0.2, 0.25) is 0 Å². The Labute approximate surface area is 152 Å². The Morgan fingerprint density at radius 2 is 1.93 bits per heavy atom. The van der Waals surface area contributed by atoms with Gasteiger partial charge in [0.15, 0.2) is 11.5 Å². The highest BCUT2D eigenvalue weighted by Crippen LogP contribution is 2.30. The van der Waals surface area contributed by atoms with Gasteiger partial charge in [-0.3, -0.25) is 9.69 Å². The number of benzene rings is 1. The first-order chi connectivity index (χ1) is 12.7. The largest absolute Gasteiger partial charge is 0.493 e. The van der Waals surface area contributed by atoms with E-state index < -0.39 is 31.3 Å². The number of carbonyl (C=O) groups is 1. The second-order valence-electron chi connectivity index (χ2n) is 5.80. The molecule has 0 aliphatic carbocycles. The van der Waals surface area contributed by atoms with Crippen molar-refractivity contribution in [3.63, 3.8) is 0 Å². The number of amides is 1.